The van der Waals surface area contributed by atoms with Crippen LogP contribution in [0.5, 0.6) is 0 Å². The van der Waals surface area contributed by atoms with E-state index in [9.17, 15) is 0 Å². The first-order valence-corrected chi connectivity index (χ1v) is 5.71. The van der Waals surface area contributed by atoms with Crippen molar-refractivity contribution in [2.45, 2.75) is 20.0 Å². The Labute approximate surface area is 95.9 Å². The Kier molecular flexibility index (Phi) is 3.74. The monoisotopic (exact) mass is 222 g/mol. The van der Waals surface area contributed by atoms with Crippen LogP contribution in [-0.2, 0) is 11.3 Å². The van der Waals surface area contributed by atoms with Crippen LogP contribution in [0.3, 0.4) is 0 Å². The van der Waals surface area contributed by atoms with Gasteiger partial charge in [0.2, 0.25) is 0 Å². The molecule has 88 valence electrons. The fourth-order valence-corrected chi connectivity index (χ4v) is 1.95. The lowest BCUT2D eigenvalue weighted by atomic mass is 10.2. The van der Waals surface area contributed by atoms with Gasteiger partial charge in [-0.2, -0.15) is 0 Å². The number of aliphatic hydroxyl groups is 1. The molecule has 0 radical (unpaired) electrons. The van der Waals surface area contributed by atoms with Gasteiger partial charge in [-0.25, -0.2) is 4.98 Å². The van der Waals surface area contributed by atoms with Gasteiger partial charge in [-0.3, -0.25) is 0 Å². The molecule has 0 amide bonds. The summed E-state index contributed by atoms with van der Waals surface area (Å²) >= 11 is 0. The summed E-state index contributed by atoms with van der Waals surface area (Å²) in [6.45, 7) is 5.46. The third-order valence-corrected chi connectivity index (χ3v) is 2.73. The molecule has 1 fully saturated rings. The van der Waals surface area contributed by atoms with Crippen LogP contribution >= 0.6 is 0 Å². The molecule has 4 heteroatoms. The van der Waals surface area contributed by atoms with Crippen molar-refractivity contribution in [3.63, 3.8) is 0 Å². The maximum absolute atomic E-state index is 9.17. The van der Waals surface area contributed by atoms with Crippen molar-refractivity contribution in [3.8, 4) is 0 Å². The highest BCUT2D eigenvalue weighted by Gasteiger charge is 2.12. The van der Waals surface area contributed by atoms with Crippen LogP contribution in [0, 0.1) is 6.92 Å². The van der Waals surface area contributed by atoms with Crippen molar-refractivity contribution >= 4 is 5.82 Å². The van der Waals surface area contributed by atoms with E-state index in [0.717, 1.165) is 49.8 Å². The number of hydrogen-bond donors (Lipinski definition) is 1. The lowest BCUT2D eigenvalue weighted by Gasteiger charge is -2.21. The summed E-state index contributed by atoms with van der Waals surface area (Å²) in [5.74, 6) is 0.953. The Balaban J connectivity index is 2.20. The molecule has 4 nitrogen and oxygen atoms in total. The van der Waals surface area contributed by atoms with Gasteiger partial charge in [-0.15, -0.1) is 0 Å². The molecule has 0 aliphatic carbocycles. The summed E-state index contributed by atoms with van der Waals surface area (Å²) in [6, 6.07) is 3.87. The number of hydrogen-bond acceptors (Lipinski definition) is 4. The standard InChI is InChI=1S/C12H18N2O2/c1-10-7-11(9-15)8-12(13-10)14-3-2-5-16-6-4-14/h7-8,15H,2-6,9H2,1H3. The molecule has 2 heterocycles. The highest BCUT2D eigenvalue weighted by molar-refractivity contribution is 5.42. The fraction of sp³-hybridized carbons (Fsp3) is 0.583. The number of nitrogens with zero attached hydrogens (tertiary/aromatic N) is 2. The molecular formula is C12H18N2O2. The Hall–Kier alpha value is -1.13. The first-order chi connectivity index (χ1) is 7.79. The minimum absolute atomic E-state index is 0.0701. The lowest BCUT2D eigenvalue weighted by Crippen LogP contribution is -2.27. The van der Waals surface area contributed by atoms with E-state index in [4.69, 9.17) is 9.84 Å². The Bertz CT molecular complexity index is 347. The maximum atomic E-state index is 9.17. The Morgan fingerprint density at radius 2 is 2.25 bits per heavy atom. The summed E-state index contributed by atoms with van der Waals surface area (Å²) in [4.78, 5) is 6.73. The van der Waals surface area contributed by atoms with E-state index in [-0.39, 0.29) is 6.61 Å². The third-order valence-electron chi connectivity index (χ3n) is 2.73. The summed E-state index contributed by atoms with van der Waals surface area (Å²) in [7, 11) is 0. The number of aromatic nitrogens is 1. The maximum Gasteiger partial charge on any atom is 0.129 e. The smallest absolute Gasteiger partial charge is 0.129 e. The van der Waals surface area contributed by atoms with Crippen molar-refractivity contribution in [1.82, 2.24) is 4.98 Å². The molecule has 1 N–H and O–H groups in total. The predicted molar refractivity (Wildman–Crippen MR) is 62.5 cm³/mol. The van der Waals surface area contributed by atoms with Crippen LogP contribution in [-0.4, -0.2) is 36.4 Å². The van der Waals surface area contributed by atoms with Gasteiger partial charge in [0, 0.05) is 25.4 Å². The average Bonchev–Trinajstić information content (AvgIpc) is 2.56. The van der Waals surface area contributed by atoms with Crippen molar-refractivity contribution in [3.05, 3.63) is 23.4 Å². The minimum atomic E-state index is 0.0701. The van der Waals surface area contributed by atoms with Gasteiger partial charge in [0.05, 0.1) is 13.2 Å². The van der Waals surface area contributed by atoms with E-state index >= 15 is 0 Å². The van der Waals surface area contributed by atoms with Gasteiger partial charge in [0.1, 0.15) is 5.82 Å². The largest absolute Gasteiger partial charge is 0.392 e. The van der Waals surface area contributed by atoms with Crippen molar-refractivity contribution in [1.29, 1.82) is 0 Å². The topological polar surface area (TPSA) is 45.6 Å². The van der Waals surface area contributed by atoms with E-state index in [2.05, 4.69) is 9.88 Å². The number of rotatable bonds is 2. The van der Waals surface area contributed by atoms with Crippen LogP contribution in [0.2, 0.25) is 0 Å². The van der Waals surface area contributed by atoms with Gasteiger partial charge < -0.3 is 14.7 Å². The summed E-state index contributed by atoms with van der Waals surface area (Å²) in [5, 5.41) is 9.17. The second kappa shape index (κ2) is 5.27. The van der Waals surface area contributed by atoms with Gasteiger partial charge in [-0.1, -0.05) is 0 Å². The van der Waals surface area contributed by atoms with Crippen molar-refractivity contribution < 1.29 is 9.84 Å². The van der Waals surface area contributed by atoms with E-state index in [0.29, 0.717) is 0 Å². The average molecular weight is 222 g/mol. The molecule has 1 aromatic heterocycles. The first-order valence-electron chi connectivity index (χ1n) is 5.71. The second-order valence-corrected chi connectivity index (χ2v) is 4.09. The van der Waals surface area contributed by atoms with Gasteiger partial charge in [0.25, 0.3) is 0 Å². The van der Waals surface area contributed by atoms with Crippen LogP contribution in [0.15, 0.2) is 12.1 Å². The van der Waals surface area contributed by atoms with Crippen molar-refractivity contribution in [2.24, 2.45) is 0 Å². The number of pyridine rings is 1. The number of anilines is 1. The molecule has 0 atom stereocenters. The number of aliphatic hydroxyl groups excluding tert-OH is 1. The number of aryl methyl sites for hydroxylation is 1. The first kappa shape index (κ1) is 11.4. The molecule has 0 aromatic carbocycles. The van der Waals surface area contributed by atoms with Gasteiger partial charge >= 0.3 is 0 Å². The molecule has 2 rings (SSSR count). The molecule has 1 aliphatic heterocycles. The molecule has 16 heavy (non-hydrogen) atoms. The molecule has 1 aliphatic rings. The molecular weight excluding hydrogens is 204 g/mol. The molecule has 0 bridgehead atoms. The second-order valence-electron chi connectivity index (χ2n) is 4.09. The van der Waals surface area contributed by atoms with Crippen LogP contribution in [0.1, 0.15) is 17.7 Å². The minimum Gasteiger partial charge on any atom is -0.392 e. The van der Waals surface area contributed by atoms with E-state index in [1.54, 1.807) is 0 Å². The third kappa shape index (κ3) is 2.71. The molecule has 1 saturated heterocycles. The lowest BCUT2D eigenvalue weighted by molar-refractivity contribution is 0.152. The Morgan fingerprint density at radius 1 is 1.38 bits per heavy atom. The zero-order chi connectivity index (χ0) is 11.4. The highest BCUT2D eigenvalue weighted by Crippen LogP contribution is 2.16. The quantitative estimate of drug-likeness (QED) is 0.814. The van der Waals surface area contributed by atoms with Crippen molar-refractivity contribution in [2.75, 3.05) is 31.2 Å². The van der Waals surface area contributed by atoms with Crippen LogP contribution in [0.25, 0.3) is 0 Å². The zero-order valence-corrected chi connectivity index (χ0v) is 9.65. The van der Waals surface area contributed by atoms with Crippen LogP contribution < -0.4 is 4.90 Å². The molecule has 0 unspecified atom stereocenters. The Morgan fingerprint density at radius 3 is 3.06 bits per heavy atom. The van der Waals surface area contributed by atoms with E-state index in [1.165, 1.54) is 0 Å². The molecule has 0 spiro atoms. The zero-order valence-electron chi connectivity index (χ0n) is 9.65. The van der Waals surface area contributed by atoms with Crippen LogP contribution in [0.4, 0.5) is 5.82 Å². The number of ether oxygens (including phenoxy) is 1. The van der Waals surface area contributed by atoms with Gasteiger partial charge in [0.15, 0.2) is 0 Å². The summed E-state index contributed by atoms with van der Waals surface area (Å²) < 4.78 is 5.41. The predicted octanol–water partition coefficient (Wildman–Crippen LogP) is 1.11. The van der Waals surface area contributed by atoms with E-state index in [1.807, 2.05) is 19.1 Å². The highest BCUT2D eigenvalue weighted by atomic mass is 16.5. The fourth-order valence-electron chi connectivity index (χ4n) is 1.95. The van der Waals surface area contributed by atoms with E-state index < -0.39 is 0 Å². The molecule has 0 saturated carbocycles. The SMILES string of the molecule is Cc1cc(CO)cc(N2CCCOCC2)n1. The summed E-state index contributed by atoms with van der Waals surface area (Å²) in [6.07, 6.45) is 1.03. The normalized spacial score (nSPS) is 17.2. The summed E-state index contributed by atoms with van der Waals surface area (Å²) in [5.41, 5.74) is 1.87. The van der Waals surface area contributed by atoms with Gasteiger partial charge in [-0.05, 0) is 31.0 Å². The molecule has 1 aromatic rings.